The zero-order chi connectivity index (χ0) is 38.1. The normalized spacial score (nSPS) is 15.3. The lowest BCUT2D eigenvalue weighted by atomic mass is 9.77. The molecule has 280 valence electrons. The molecule has 10 heteroatoms. The highest BCUT2D eigenvalue weighted by molar-refractivity contribution is 7.98. The van der Waals surface area contributed by atoms with Crippen LogP contribution in [-0.4, -0.2) is 74.0 Å². The number of imidazole rings is 1. The number of fused-ring (bicyclic) bond motifs is 1. The van der Waals surface area contributed by atoms with Gasteiger partial charge in [0.05, 0.1) is 18.1 Å². The Balaban J connectivity index is 1.24. The highest BCUT2D eigenvalue weighted by atomic mass is 32.2. The Labute approximate surface area is 322 Å². The first kappa shape index (κ1) is 38.5. The summed E-state index contributed by atoms with van der Waals surface area (Å²) in [6, 6.07) is 36.7. The molecule has 0 unspecified atom stereocenters. The van der Waals surface area contributed by atoms with Crippen LogP contribution >= 0.6 is 11.8 Å². The summed E-state index contributed by atoms with van der Waals surface area (Å²) in [6.45, 7) is 4.74. The second kappa shape index (κ2) is 17.8. The minimum atomic E-state index is -1.08. The quantitative estimate of drug-likeness (QED) is 0.104. The summed E-state index contributed by atoms with van der Waals surface area (Å²) in [4.78, 5) is 46.8. The third kappa shape index (κ3) is 8.30. The summed E-state index contributed by atoms with van der Waals surface area (Å²) >= 11 is 1.53. The van der Waals surface area contributed by atoms with Crippen molar-refractivity contribution in [2.24, 2.45) is 5.92 Å². The highest BCUT2D eigenvalue weighted by Gasteiger charge is 2.40. The minimum Gasteiger partial charge on any atom is -0.480 e. The van der Waals surface area contributed by atoms with Gasteiger partial charge in [0, 0.05) is 32.1 Å². The molecule has 9 nitrogen and oxygen atoms in total. The predicted molar refractivity (Wildman–Crippen MR) is 214 cm³/mol. The smallest absolute Gasteiger partial charge is 0.326 e. The summed E-state index contributed by atoms with van der Waals surface area (Å²) < 4.78 is 2.19. The lowest BCUT2D eigenvalue weighted by Crippen LogP contribution is -2.59. The van der Waals surface area contributed by atoms with Gasteiger partial charge in [-0.1, -0.05) is 129 Å². The van der Waals surface area contributed by atoms with Gasteiger partial charge in [-0.25, -0.2) is 9.78 Å². The number of carboxylic acid groups (broad SMARTS) is 1. The van der Waals surface area contributed by atoms with E-state index in [-0.39, 0.29) is 18.4 Å². The molecule has 3 atom stereocenters. The van der Waals surface area contributed by atoms with Crippen LogP contribution in [0.25, 0.3) is 0 Å². The second-order valence-electron chi connectivity index (χ2n) is 14.1. The molecule has 2 heterocycles. The molecule has 0 saturated carbocycles. The maximum Gasteiger partial charge on any atom is 0.326 e. The van der Waals surface area contributed by atoms with Crippen molar-refractivity contribution in [3.8, 4) is 0 Å². The molecule has 1 aliphatic rings. The summed E-state index contributed by atoms with van der Waals surface area (Å²) in [5.41, 5.74) is 5.49. The van der Waals surface area contributed by atoms with Crippen LogP contribution in [0.3, 0.4) is 0 Å². The van der Waals surface area contributed by atoms with Crippen molar-refractivity contribution in [2.75, 3.05) is 18.6 Å². The van der Waals surface area contributed by atoms with Crippen molar-refractivity contribution < 1.29 is 19.5 Å². The summed E-state index contributed by atoms with van der Waals surface area (Å²) in [6.07, 6.45) is 7.08. The van der Waals surface area contributed by atoms with E-state index < -0.39 is 35.5 Å². The fourth-order valence-corrected chi connectivity index (χ4v) is 8.03. The maximum absolute atomic E-state index is 14.4. The van der Waals surface area contributed by atoms with E-state index in [1.165, 1.54) is 11.8 Å². The molecule has 3 N–H and O–H groups in total. The van der Waals surface area contributed by atoms with E-state index in [1.54, 1.807) is 4.90 Å². The number of hydrogen-bond acceptors (Lipinski definition) is 6. The lowest BCUT2D eigenvalue weighted by Gasteiger charge is -2.39. The van der Waals surface area contributed by atoms with E-state index in [2.05, 4.69) is 94.2 Å². The largest absolute Gasteiger partial charge is 0.480 e. The molecular weight excluding hydrogens is 695 g/mol. The number of carbonyl (C=O) groups is 3. The number of amides is 2. The zero-order valence-electron chi connectivity index (χ0n) is 31.1. The first-order valence-electron chi connectivity index (χ1n) is 18.6. The van der Waals surface area contributed by atoms with Crippen molar-refractivity contribution in [3.05, 3.63) is 161 Å². The van der Waals surface area contributed by atoms with Gasteiger partial charge in [-0.2, -0.15) is 11.8 Å². The number of carbonyl (C=O) groups excluding carboxylic acids is 2. The number of rotatable bonds is 16. The molecule has 1 aliphatic heterocycles. The van der Waals surface area contributed by atoms with Crippen LogP contribution < -0.4 is 10.6 Å². The summed E-state index contributed by atoms with van der Waals surface area (Å²) in [5.74, 6) is -1.19. The summed E-state index contributed by atoms with van der Waals surface area (Å²) in [5, 5.41) is 16.1. The van der Waals surface area contributed by atoms with Crippen LogP contribution in [0.15, 0.2) is 128 Å². The van der Waals surface area contributed by atoms with Gasteiger partial charge in [0.2, 0.25) is 11.8 Å². The van der Waals surface area contributed by atoms with Crippen molar-refractivity contribution in [1.82, 2.24) is 25.1 Å². The van der Waals surface area contributed by atoms with Crippen LogP contribution in [0.4, 0.5) is 0 Å². The fourth-order valence-electron chi connectivity index (χ4n) is 7.55. The summed E-state index contributed by atoms with van der Waals surface area (Å²) in [7, 11) is 0. The molecule has 1 aromatic heterocycles. The molecule has 4 aromatic carbocycles. The van der Waals surface area contributed by atoms with Gasteiger partial charge in [0.15, 0.2) is 0 Å². The number of aliphatic carboxylic acids is 1. The van der Waals surface area contributed by atoms with E-state index in [9.17, 15) is 19.5 Å². The molecule has 0 spiro atoms. The first-order valence-corrected chi connectivity index (χ1v) is 20.0. The van der Waals surface area contributed by atoms with E-state index in [0.29, 0.717) is 31.6 Å². The van der Waals surface area contributed by atoms with Crippen LogP contribution in [-0.2, 0) is 39.3 Å². The average molecular weight is 744 g/mol. The van der Waals surface area contributed by atoms with Crippen molar-refractivity contribution in [1.29, 1.82) is 0 Å². The molecule has 0 fully saturated rings. The molecule has 2 amide bonds. The second-order valence-corrected chi connectivity index (χ2v) is 15.1. The van der Waals surface area contributed by atoms with Gasteiger partial charge in [-0.3, -0.25) is 9.59 Å². The van der Waals surface area contributed by atoms with Crippen molar-refractivity contribution >= 4 is 29.5 Å². The van der Waals surface area contributed by atoms with Crippen LogP contribution in [0.2, 0.25) is 0 Å². The van der Waals surface area contributed by atoms with Gasteiger partial charge in [-0.05, 0) is 52.2 Å². The Morgan fingerprint density at radius 1 is 0.852 bits per heavy atom. The van der Waals surface area contributed by atoms with Gasteiger partial charge >= 0.3 is 5.97 Å². The molecule has 54 heavy (non-hydrogen) atoms. The SMILES string of the molecule is CSCC[C@H](NC(=O)[C@@H]1Cc2ccccc2CN1C(=O)[C@@H](NCCc1cn(C(c2ccccc2)(c2ccccc2)c2ccccc2)cn1)C(C)C)C(=O)O. The van der Waals surface area contributed by atoms with Crippen molar-refractivity contribution in [2.45, 2.75) is 63.3 Å². The third-order valence-corrected chi connectivity index (χ3v) is 11.0. The molecular formula is C44H49N5O4S. The minimum absolute atomic E-state index is 0.0776. The molecule has 5 aromatic rings. The number of nitrogens with zero attached hydrogens (tertiary/aromatic N) is 3. The molecule has 0 saturated heterocycles. The molecule has 0 aliphatic carbocycles. The molecule has 6 rings (SSSR count). The van der Waals surface area contributed by atoms with Crippen LogP contribution in [0, 0.1) is 5.92 Å². The topological polar surface area (TPSA) is 117 Å². The zero-order valence-corrected chi connectivity index (χ0v) is 31.9. The van der Waals surface area contributed by atoms with E-state index in [0.717, 1.165) is 33.5 Å². The van der Waals surface area contributed by atoms with Crippen LogP contribution in [0.5, 0.6) is 0 Å². The van der Waals surface area contributed by atoms with E-state index in [1.807, 2.05) is 68.9 Å². The van der Waals surface area contributed by atoms with Gasteiger partial charge in [-0.15, -0.1) is 0 Å². The number of aromatic nitrogens is 2. The van der Waals surface area contributed by atoms with Gasteiger partial charge in [0.1, 0.15) is 17.6 Å². The molecule has 0 radical (unpaired) electrons. The number of benzene rings is 4. The highest BCUT2D eigenvalue weighted by Crippen LogP contribution is 2.40. The van der Waals surface area contributed by atoms with Gasteiger partial charge < -0.3 is 25.2 Å². The Morgan fingerprint density at radius 3 is 1.94 bits per heavy atom. The first-order chi connectivity index (χ1) is 26.2. The molecule has 0 bridgehead atoms. The van der Waals surface area contributed by atoms with E-state index >= 15 is 0 Å². The fraction of sp³-hybridized carbons (Fsp3) is 0.318. The van der Waals surface area contributed by atoms with Gasteiger partial charge in [0.25, 0.3) is 0 Å². The third-order valence-electron chi connectivity index (χ3n) is 10.3. The monoisotopic (exact) mass is 743 g/mol. The number of nitrogens with one attached hydrogen (secondary N) is 2. The van der Waals surface area contributed by atoms with Crippen LogP contribution in [0.1, 0.15) is 53.8 Å². The Bertz CT molecular complexity index is 1910. The van der Waals surface area contributed by atoms with E-state index in [4.69, 9.17) is 4.98 Å². The number of thioether (sulfide) groups is 1. The lowest BCUT2D eigenvalue weighted by molar-refractivity contribution is -0.146. The Hall–Kier alpha value is -5.19. The van der Waals surface area contributed by atoms with Crippen molar-refractivity contribution in [3.63, 3.8) is 0 Å². The predicted octanol–water partition coefficient (Wildman–Crippen LogP) is 6.16. The standard InChI is InChI=1S/C44H49N5O4S/c1-31(2)40(42(51)49-28-33-16-14-13-15-32(33)27-39(49)41(50)47-38(43(52)53)24-26-54-3)45-25-23-37-29-48(30-46-37)44(34-17-7-4-8-18-34,35-19-9-5-10-20-35)36-21-11-6-12-22-36/h4-22,29-31,38-40,45H,23-28H2,1-3H3,(H,47,50)(H,52,53)/t38-,39-,40-/m0/s1. The average Bonchev–Trinajstić information content (AvgIpc) is 3.67. The Kier molecular flexibility index (Phi) is 12.7. The number of hydrogen-bond donors (Lipinski definition) is 3. The number of carboxylic acids is 1. The maximum atomic E-state index is 14.4. The Morgan fingerprint density at radius 2 is 1.41 bits per heavy atom.